The Morgan fingerprint density at radius 1 is 1.29 bits per heavy atom. The van der Waals surface area contributed by atoms with Crippen LogP contribution in [0.1, 0.15) is 12.8 Å². The van der Waals surface area contributed by atoms with Gasteiger partial charge in [-0.15, -0.1) is 12.3 Å². The lowest BCUT2D eigenvalue weighted by Gasteiger charge is -2.09. The largest absolute Gasteiger partial charge is 0.383 e. The highest BCUT2D eigenvalue weighted by Crippen LogP contribution is 2.30. The van der Waals surface area contributed by atoms with Crippen LogP contribution in [0.4, 0.5) is 5.69 Å². The number of para-hydroxylation sites is 1. The molecule has 0 aliphatic carbocycles. The number of nitrogens with one attached hydrogen (secondary N) is 1. The smallest absolute Gasteiger partial charge is 0.0628 e. The minimum absolute atomic E-state index is 0.815. The highest BCUT2D eigenvalue weighted by molar-refractivity contribution is 9.11. The average molecular weight is 317 g/mol. The number of halogens is 2. The lowest BCUT2D eigenvalue weighted by molar-refractivity contribution is 0.906. The Balaban J connectivity index is 2.54. The van der Waals surface area contributed by atoms with Crippen molar-refractivity contribution >= 4 is 37.5 Å². The summed E-state index contributed by atoms with van der Waals surface area (Å²) in [4.78, 5) is 0. The highest BCUT2D eigenvalue weighted by atomic mass is 79.9. The molecular weight excluding hydrogens is 306 g/mol. The number of hydrogen-bond donors (Lipinski definition) is 1. The average Bonchev–Trinajstić information content (AvgIpc) is 2.16. The SMILES string of the molecule is C#CCCCNc1c(Br)cccc1Br. The molecule has 0 aliphatic rings. The van der Waals surface area contributed by atoms with E-state index in [1.165, 1.54) is 0 Å². The zero-order chi connectivity index (χ0) is 10.4. The molecule has 74 valence electrons. The van der Waals surface area contributed by atoms with Gasteiger partial charge in [0.2, 0.25) is 0 Å². The van der Waals surface area contributed by atoms with Crippen molar-refractivity contribution in [2.75, 3.05) is 11.9 Å². The van der Waals surface area contributed by atoms with Crippen molar-refractivity contribution in [1.82, 2.24) is 0 Å². The molecule has 0 unspecified atom stereocenters. The maximum atomic E-state index is 5.17. The van der Waals surface area contributed by atoms with Crippen LogP contribution < -0.4 is 5.32 Å². The number of benzene rings is 1. The Morgan fingerprint density at radius 3 is 2.50 bits per heavy atom. The van der Waals surface area contributed by atoms with Crippen molar-refractivity contribution in [3.8, 4) is 12.3 Å². The third-order valence-corrected chi connectivity index (χ3v) is 3.08. The fourth-order valence-electron chi connectivity index (χ4n) is 1.07. The minimum atomic E-state index is 0.815. The Bertz CT molecular complexity index is 321. The first-order chi connectivity index (χ1) is 6.75. The van der Waals surface area contributed by atoms with E-state index < -0.39 is 0 Å². The van der Waals surface area contributed by atoms with Crippen LogP contribution in [0.5, 0.6) is 0 Å². The number of unbranched alkanes of at least 4 members (excludes halogenated alkanes) is 1. The molecular formula is C11H11Br2N. The fraction of sp³-hybridized carbons (Fsp3) is 0.273. The molecule has 1 rings (SSSR count). The van der Waals surface area contributed by atoms with Gasteiger partial charge in [-0.3, -0.25) is 0 Å². The van der Waals surface area contributed by atoms with Gasteiger partial charge >= 0.3 is 0 Å². The van der Waals surface area contributed by atoms with Crippen LogP contribution in [0, 0.1) is 12.3 Å². The Morgan fingerprint density at radius 2 is 1.93 bits per heavy atom. The van der Waals surface area contributed by atoms with Crippen molar-refractivity contribution in [2.24, 2.45) is 0 Å². The monoisotopic (exact) mass is 315 g/mol. The van der Waals surface area contributed by atoms with Gasteiger partial charge in [0.15, 0.2) is 0 Å². The number of anilines is 1. The van der Waals surface area contributed by atoms with Crippen molar-refractivity contribution in [3.05, 3.63) is 27.1 Å². The van der Waals surface area contributed by atoms with Crippen molar-refractivity contribution < 1.29 is 0 Å². The van der Waals surface area contributed by atoms with Gasteiger partial charge in [0.05, 0.1) is 5.69 Å². The van der Waals surface area contributed by atoms with Crippen LogP contribution >= 0.6 is 31.9 Å². The Hall–Kier alpha value is -0.460. The molecule has 1 aromatic carbocycles. The molecule has 1 N–H and O–H groups in total. The summed E-state index contributed by atoms with van der Waals surface area (Å²) < 4.78 is 2.13. The quantitative estimate of drug-likeness (QED) is 0.653. The second-order valence-electron chi connectivity index (χ2n) is 2.83. The summed E-state index contributed by atoms with van der Waals surface area (Å²) >= 11 is 6.97. The minimum Gasteiger partial charge on any atom is -0.383 e. The molecule has 0 saturated heterocycles. The van der Waals surface area contributed by atoms with Gasteiger partial charge in [0.25, 0.3) is 0 Å². The lowest BCUT2D eigenvalue weighted by atomic mass is 10.3. The van der Waals surface area contributed by atoms with E-state index in [2.05, 4.69) is 43.1 Å². The third-order valence-electron chi connectivity index (χ3n) is 1.76. The maximum Gasteiger partial charge on any atom is 0.0628 e. The molecule has 14 heavy (non-hydrogen) atoms. The number of rotatable bonds is 4. The molecule has 1 aromatic rings. The van der Waals surface area contributed by atoms with Gasteiger partial charge in [0.1, 0.15) is 0 Å². The van der Waals surface area contributed by atoms with E-state index in [-0.39, 0.29) is 0 Å². The number of hydrogen-bond acceptors (Lipinski definition) is 1. The predicted octanol–water partition coefficient (Wildman–Crippen LogP) is 4.04. The molecule has 3 heteroatoms. The highest BCUT2D eigenvalue weighted by Gasteiger charge is 2.02. The van der Waals surface area contributed by atoms with Gasteiger partial charge < -0.3 is 5.32 Å². The van der Waals surface area contributed by atoms with Crippen molar-refractivity contribution in [2.45, 2.75) is 12.8 Å². The van der Waals surface area contributed by atoms with E-state index in [0.717, 1.165) is 34.0 Å². The summed E-state index contributed by atoms with van der Waals surface area (Å²) in [5, 5.41) is 3.33. The number of terminal acetylenes is 1. The van der Waals surface area contributed by atoms with E-state index in [1.54, 1.807) is 0 Å². The molecule has 0 saturated carbocycles. The van der Waals surface area contributed by atoms with E-state index in [9.17, 15) is 0 Å². The first-order valence-corrected chi connectivity index (χ1v) is 5.95. The predicted molar refractivity (Wildman–Crippen MR) is 68.4 cm³/mol. The van der Waals surface area contributed by atoms with Crippen LogP contribution in [-0.4, -0.2) is 6.54 Å². The van der Waals surface area contributed by atoms with E-state index in [1.807, 2.05) is 18.2 Å². The van der Waals surface area contributed by atoms with Crippen molar-refractivity contribution in [1.29, 1.82) is 0 Å². The van der Waals surface area contributed by atoms with Gasteiger partial charge in [-0.05, 0) is 50.4 Å². The molecule has 0 aromatic heterocycles. The van der Waals surface area contributed by atoms with Crippen LogP contribution in [0.25, 0.3) is 0 Å². The van der Waals surface area contributed by atoms with Crippen LogP contribution in [0.15, 0.2) is 27.1 Å². The molecule has 1 nitrogen and oxygen atoms in total. The van der Waals surface area contributed by atoms with E-state index in [4.69, 9.17) is 6.42 Å². The summed E-state index contributed by atoms with van der Waals surface area (Å²) in [7, 11) is 0. The molecule has 0 spiro atoms. The third kappa shape index (κ3) is 3.36. The Kier molecular flexibility index (Phi) is 5.06. The first-order valence-electron chi connectivity index (χ1n) is 4.37. The molecule has 0 heterocycles. The zero-order valence-electron chi connectivity index (χ0n) is 7.69. The molecule has 0 amide bonds. The summed E-state index contributed by atoms with van der Waals surface area (Å²) in [6, 6.07) is 6.00. The van der Waals surface area contributed by atoms with Crippen molar-refractivity contribution in [3.63, 3.8) is 0 Å². The summed E-state index contributed by atoms with van der Waals surface area (Å²) in [5.74, 6) is 2.62. The van der Waals surface area contributed by atoms with Crippen LogP contribution in [-0.2, 0) is 0 Å². The second kappa shape index (κ2) is 6.10. The van der Waals surface area contributed by atoms with E-state index in [0.29, 0.717) is 0 Å². The topological polar surface area (TPSA) is 12.0 Å². The van der Waals surface area contributed by atoms with Gasteiger partial charge in [-0.1, -0.05) is 6.07 Å². The molecule has 0 radical (unpaired) electrons. The first kappa shape index (κ1) is 11.6. The molecule has 0 aliphatic heterocycles. The molecule has 0 atom stereocenters. The van der Waals surface area contributed by atoms with Crippen LogP contribution in [0.2, 0.25) is 0 Å². The van der Waals surface area contributed by atoms with Gasteiger partial charge in [0, 0.05) is 21.9 Å². The molecule has 0 bridgehead atoms. The van der Waals surface area contributed by atoms with Crippen LogP contribution in [0.3, 0.4) is 0 Å². The Labute approximate surface area is 102 Å². The lowest BCUT2D eigenvalue weighted by Crippen LogP contribution is -2.02. The molecule has 0 fully saturated rings. The summed E-state index contributed by atoms with van der Waals surface area (Å²) in [6.45, 7) is 0.894. The van der Waals surface area contributed by atoms with Gasteiger partial charge in [-0.25, -0.2) is 0 Å². The maximum absolute atomic E-state index is 5.17. The summed E-state index contributed by atoms with van der Waals surface area (Å²) in [6.07, 6.45) is 6.98. The normalized spacial score (nSPS) is 9.50. The van der Waals surface area contributed by atoms with Gasteiger partial charge in [-0.2, -0.15) is 0 Å². The fourth-order valence-corrected chi connectivity index (χ4v) is 2.35. The van der Waals surface area contributed by atoms with E-state index >= 15 is 0 Å². The second-order valence-corrected chi connectivity index (χ2v) is 4.54. The zero-order valence-corrected chi connectivity index (χ0v) is 10.9. The summed E-state index contributed by atoms with van der Waals surface area (Å²) in [5.41, 5.74) is 1.09. The standard InChI is InChI=1S/C11H11Br2N/c1-2-3-4-8-14-11-9(12)6-5-7-10(11)13/h1,5-7,14H,3-4,8H2.